The van der Waals surface area contributed by atoms with Crippen LogP contribution in [0.3, 0.4) is 0 Å². The molecule has 0 aliphatic heterocycles. The molecule has 3 nitrogen and oxygen atoms in total. The summed E-state index contributed by atoms with van der Waals surface area (Å²) in [6, 6.07) is 6.63. The molecule has 68 valence electrons. The molecule has 0 fully saturated rings. The van der Waals surface area contributed by atoms with Gasteiger partial charge in [-0.15, -0.1) is 0 Å². The Kier molecular flexibility index (Phi) is 3.19. The number of carbonyl (C=O) groups is 2. The molecule has 0 saturated heterocycles. The largest absolute Gasteiger partial charge is 0.352 e. The highest BCUT2D eigenvalue weighted by Gasteiger charge is 2.13. The van der Waals surface area contributed by atoms with Crippen LogP contribution >= 0.6 is 15.9 Å². The molecule has 0 bridgehead atoms. The number of hydrogen-bond acceptors (Lipinski definition) is 2. The van der Waals surface area contributed by atoms with E-state index in [1.165, 1.54) is 7.05 Å². The van der Waals surface area contributed by atoms with E-state index in [9.17, 15) is 9.59 Å². The van der Waals surface area contributed by atoms with Gasteiger partial charge in [-0.3, -0.25) is 9.59 Å². The molecule has 0 unspecified atom stereocenters. The van der Waals surface area contributed by atoms with E-state index in [1.807, 2.05) is 0 Å². The van der Waals surface area contributed by atoms with E-state index in [0.717, 1.165) is 4.47 Å². The van der Waals surface area contributed by atoms with Crippen molar-refractivity contribution < 1.29 is 9.59 Å². The van der Waals surface area contributed by atoms with Crippen molar-refractivity contribution >= 4 is 27.6 Å². The molecule has 0 radical (unpaired) electrons. The summed E-state index contributed by atoms with van der Waals surface area (Å²) in [6.07, 6.45) is 0. The molecule has 1 aromatic carbocycles. The molecule has 0 saturated carbocycles. The Bertz CT molecular complexity index is 332. The van der Waals surface area contributed by atoms with Crippen LogP contribution in [-0.2, 0) is 4.79 Å². The number of benzene rings is 1. The standard InChI is InChI=1S/C9H8BrNO2/c1-11-9(13)8(12)6-2-4-7(10)5-3-6/h2-5H,1H3,(H,11,13). The van der Waals surface area contributed by atoms with Gasteiger partial charge in [0.1, 0.15) is 0 Å². The molecule has 4 heteroatoms. The minimum Gasteiger partial charge on any atom is -0.352 e. The second kappa shape index (κ2) is 4.18. The lowest BCUT2D eigenvalue weighted by molar-refractivity contribution is -0.116. The molecular weight excluding hydrogens is 234 g/mol. The minimum absolute atomic E-state index is 0.391. The quantitative estimate of drug-likeness (QED) is 0.629. The van der Waals surface area contributed by atoms with Crippen LogP contribution in [0.25, 0.3) is 0 Å². The molecule has 0 spiro atoms. The van der Waals surface area contributed by atoms with Crippen molar-refractivity contribution in [3.05, 3.63) is 34.3 Å². The van der Waals surface area contributed by atoms with Crippen molar-refractivity contribution in [2.75, 3.05) is 7.05 Å². The molecule has 1 aromatic rings. The minimum atomic E-state index is -0.595. The van der Waals surface area contributed by atoms with Gasteiger partial charge >= 0.3 is 0 Å². The summed E-state index contributed by atoms with van der Waals surface area (Å²) in [5.41, 5.74) is 0.391. The van der Waals surface area contributed by atoms with Crippen LogP contribution in [0.15, 0.2) is 28.7 Å². The van der Waals surface area contributed by atoms with Crippen LogP contribution in [-0.4, -0.2) is 18.7 Å². The van der Waals surface area contributed by atoms with E-state index in [4.69, 9.17) is 0 Å². The van der Waals surface area contributed by atoms with Gasteiger partial charge in [0.2, 0.25) is 5.78 Å². The first-order chi connectivity index (χ1) is 6.15. The van der Waals surface area contributed by atoms with Gasteiger partial charge in [0.25, 0.3) is 5.91 Å². The Morgan fingerprint density at radius 1 is 1.23 bits per heavy atom. The SMILES string of the molecule is CNC(=O)C(=O)c1ccc(Br)cc1. The fourth-order valence-corrected chi connectivity index (χ4v) is 1.11. The summed E-state index contributed by atoms with van der Waals surface area (Å²) in [4.78, 5) is 22.2. The first-order valence-electron chi connectivity index (χ1n) is 3.67. The number of Topliss-reactive ketones (excluding diaryl/α,β-unsaturated/α-hetero) is 1. The zero-order valence-corrected chi connectivity index (χ0v) is 8.59. The maximum Gasteiger partial charge on any atom is 0.292 e. The number of amides is 1. The van der Waals surface area contributed by atoms with Crippen LogP contribution in [0, 0.1) is 0 Å². The first-order valence-corrected chi connectivity index (χ1v) is 4.46. The molecule has 0 atom stereocenters. The lowest BCUT2D eigenvalue weighted by atomic mass is 10.1. The number of hydrogen-bond donors (Lipinski definition) is 1. The second-order valence-corrected chi connectivity index (χ2v) is 3.33. The Labute approximate surface area is 84.3 Å². The predicted molar refractivity (Wildman–Crippen MR) is 52.5 cm³/mol. The smallest absolute Gasteiger partial charge is 0.292 e. The highest BCUT2D eigenvalue weighted by molar-refractivity contribution is 9.10. The third-order valence-electron chi connectivity index (χ3n) is 1.54. The van der Waals surface area contributed by atoms with E-state index in [2.05, 4.69) is 21.2 Å². The number of likely N-dealkylation sites (N-methyl/N-ethyl adjacent to an activating group) is 1. The number of rotatable bonds is 2. The molecule has 0 heterocycles. The van der Waals surface area contributed by atoms with Crippen molar-refractivity contribution in [2.45, 2.75) is 0 Å². The molecule has 13 heavy (non-hydrogen) atoms. The highest BCUT2D eigenvalue weighted by atomic mass is 79.9. The maximum absolute atomic E-state index is 11.3. The number of halogens is 1. The fraction of sp³-hybridized carbons (Fsp3) is 0.111. The molecular formula is C9H8BrNO2. The molecule has 1 amide bonds. The van der Waals surface area contributed by atoms with Gasteiger partial charge in [0.15, 0.2) is 0 Å². The van der Waals surface area contributed by atoms with E-state index in [0.29, 0.717) is 5.56 Å². The second-order valence-electron chi connectivity index (χ2n) is 2.42. The Balaban J connectivity index is 2.90. The highest BCUT2D eigenvalue weighted by Crippen LogP contribution is 2.10. The number of carbonyl (C=O) groups excluding carboxylic acids is 2. The lowest BCUT2D eigenvalue weighted by Gasteiger charge is -1.98. The average molecular weight is 242 g/mol. The van der Waals surface area contributed by atoms with Crippen LogP contribution < -0.4 is 5.32 Å². The average Bonchev–Trinajstić information content (AvgIpc) is 2.17. The van der Waals surface area contributed by atoms with Gasteiger partial charge in [0.05, 0.1) is 0 Å². The predicted octanol–water partition coefficient (Wildman–Crippen LogP) is 1.38. The van der Waals surface area contributed by atoms with Gasteiger partial charge in [-0.2, -0.15) is 0 Å². The van der Waals surface area contributed by atoms with E-state index >= 15 is 0 Å². The van der Waals surface area contributed by atoms with Crippen LogP contribution in [0.2, 0.25) is 0 Å². The molecule has 1 rings (SSSR count). The molecule has 0 aromatic heterocycles. The Hall–Kier alpha value is -1.16. The third kappa shape index (κ3) is 2.39. The zero-order chi connectivity index (χ0) is 9.84. The number of nitrogens with one attached hydrogen (secondary N) is 1. The van der Waals surface area contributed by atoms with E-state index in [1.54, 1.807) is 24.3 Å². The summed E-state index contributed by atoms with van der Waals surface area (Å²) in [6.45, 7) is 0. The van der Waals surface area contributed by atoms with Crippen molar-refractivity contribution in [1.29, 1.82) is 0 Å². The summed E-state index contributed by atoms with van der Waals surface area (Å²) in [7, 11) is 1.43. The topological polar surface area (TPSA) is 46.2 Å². The summed E-state index contributed by atoms with van der Waals surface area (Å²) >= 11 is 3.24. The summed E-state index contributed by atoms with van der Waals surface area (Å²) in [5.74, 6) is -1.11. The van der Waals surface area contributed by atoms with Crippen LogP contribution in [0.1, 0.15) is 10.4 Å². The summed E-state index contributed by atoms with van der Waals surface area (Å²) < 4.78 is 0.876. The normalized spacial score (nSPS) is 9.38. The van der Waals surface area contributed by atoms with Crippen molar-refractivity contribution in [1.82, 2.24) is 5.32 Å². The molecule has 1 N–H and O–H groups in total. The zero-order valence-electron chi connectivity index (χ0n) is 7.00. The first kappa shape index (κ1) is 9.92. The fourth-order valence-electron chi connectivity index (χ4n) is 0.846. The van der Waals surface area contributed by atoms with Crippen molar-refractivity contribution in [2.24, 2.45) is 0 Å². The number of ketones is 1. The monoisotopic (exact) mass is 241 g/mol. The van der Waals surface area contributed by atoms with Gasteiger partial charge in [-0.25, -0.2) is 0 Å². The van der Waals surface area contributed by atoms with E-state index < -0.39 is 11.7 Å². The van der Waals surface area contributed by atoms with Crippen LogP contribution in [0.4, 0.5) is 0 Å². The molecule has 0 aliphatic rings. The Morgan fingerprint density at radius 3 is 2.23 bits per heavy atom. The van der Waals surface area contributed by atoms with Crippen LogP contribution in [0.5, 0.6) is 0 Å². The maximum atomic E-state index is 11.3. The van der Waals surface area contributed by atoms with Crippen molar-refractivity contribution in [3.8, 4) is 0 Å². The van der Waals surface area contributed by atoms with Crippen molar-refractivity contribution in [3.63, 3.8) is 0 Å². The van der Waals surface area contributed by atoms with Gasteiger partial charge < -0.3 is 5.32 Å². The van der Waals surface area contributed by atoms with Gasteiger partial charge in [-0.1, -0.05) is 15.9 Å². The van der Waals surface area contributed by atoms with E-state index in [-0.39, 0.29) is 0 Å². The Morgan fingerprint density at radius 2 is 1.77 bits per heavy atom. The summed E-state index contributed by atoms with van der Waals surface area (Å²) in [5, 5.41) is 2.28. The molecule has 0 aliphatic carbocycles. The van der Waals surface area contributed by atoms with Gasteiger partial charge in [0, 0.05) is 17.1 Å². The van der Waals surface area contributed by atoms with Gasteiger partial charge in [-0.05, 0) is 24.3 Å². The lowest BCUT2D eigenvalue weighted by Crippen LogP contribution is -2.27. The third-order valence-corrected chi connectivity index (χ3v) is 2.07.